The minimum absolute atomic E-state index is 0.0832. The van der Waals surface area contributed by atoms with Gasteiger partial charge in [0.2, 0.25) is 0 Å². The molecule has 2 aromatic rings. The molecule has 0 saturated carbocycles. The molecule has 2 aliphatic rings. The first-order valence-electron chi connectivity index (χ1n) is 9.82. The SMILES string of the molecule is Cc1cc(C=C2C(=O)N(C)C(=S)N(C)C2=O)c(C)n1-c1sc2c(c1C#N)CCCC2. The molecule has 1 saturated heterocycles. The van der Waals surface area contributed by atoms with Crippen LogP contribution in [0.15, 0.2) is 11.6 Å². The highest BCUT2D eigenvalue weighted by atomic mass is 32.1. The van der Waals surface area contributed by atoms with Crippen LogP contribution in [0, 0.1) is 25.2 Å². The van der Waals surface area contributed by atoms with E-state index < -0.39 is 11.8 Å². The third kappa shape index (κ3) is 3.01. The minimum atomic E-state index is -0.405. The number of fused-ring (bicyclic) bond motifs is 1. The molecule has 2 amide bonds. The molecule has 0 bridgehead atoms. The summed E-state index contributed by atoms with van der Waals surface area (Å²) in [6.45, 7) is 3.93. The van der Waals surface area contributed by atoms with Crippen LogP contribution < -0.4 is 0 Å². The van der Waals surface area contributed by atoms with Crippen LogP contribution in [0.25, 0.3) is 11.1 Å². The van der Waals surface area contributed by atoms with E-state index in [2.05, 4.69) is 10.6 Å². The van der Waals surface area contributed by atoms with Gasteiger partial charge in [-0.05, 0) is 75.0 Å². The van der Waals surface area contributed by atoms with E-state index in [4.69, 9.17) is 12.2 Å². The Morgan fingerprint density at radius 2 is 1.77 bits per heavy atom. The number of hydrogen-bond acceptors (Lipinski definition) is 5. The van der Waals surface area contributed by atoms with Crippen LogP contribution in [-0.4, -0.2) is 45.4 Å². The van der Waals surface area contributed by atoms with Gasteiger partial charge in [0.15, 0.2) is 5.11 Å². The van der Waals surface area contributed by atoms with E-state index >= 15 is 0 Å². The van der Waals surface area contributed by atoms with Crippen molar-refractivity contribution in [3.8, 4) is 11.1 Å². The molecule has 0 unspecified atom stereocenters. The zero-order valence-electron chi connectivity index (χ0n) is 17.4. The molecule has 3 heterocycles. The first-order valence-corrected chi connectivity index (χ1v) is 11.0. The maximum Gasteiger partial charge on any atom is 0.265 e. The third-order valence-electron chi connectivity index (χ3n) is 5.88. The van der Waals surface area contributed by atoms with Gasteiger partial charge in [-0.2, -0.15) is 5.26 Å². The lowest BCUT2D eigenvalue weighted by Gasteiger charge is -2.31. The number of aryl methyl sites for hydroxylation is 2. The second kappa shape index (κ2) is 7.49. The molecular weight excluding hydrogens is 416 g/mol. The zero-order valence-corrected chi connectivity index (χ0v) is 19.0. The number of carbonyl (C=O) groups is 2. The van der Waals surface area contributed by atoms with Gasteiger partial charge in [0, 0.05) is 30.4 Å². The average Bonchev–Trinajstić information content (AvgIpc) is 3.23. The quantitative estimate of drug-likeness (QED) is 0.409. The molecule has 0 aromatic carbocycles. The molecule has 0 spiro atoms. The highest BCUT2D eigenvalue weighted by molar-refractivity contribution is 7.80. The second-order valence-corrected chi connectivity index (χ2v) is 9.18. The van der Waals surface area contributed by atoms with Crippen molar-refractivity contribution < 1.29 is 9.59 Å². The Morgan fingerprint density at radius 1 is 1.13 bits per heavy atom. The standard InChI is InChI=1S/C22H22N4O2S2/c1-12-9-14(10-16-19(27)24(3)22(29)25(4)20(16)28)13(2)26(12)21-17(11-23)15-7-5-6-8-18(15)30-21/h9-10H,5-8H2,1-4H3. The summed E-state index contributed by atoms with van der Waals surface area (Å²) >= 11 is 6.84. The summed E-state index contributed by atoms with van der Waals surface area (Å²) in [7, 11) is 3.14. The molecule has 0 radical (unpaired) electrons. The largest absolute Gasteiger partial charge is 0.308 e. The van der Waals surface area contributed by atoms with Crippen LogP contribution in [0.3, 0.4) is 0 Å². The third-order valence-corrected chi connectivity index (χ3v) is 7.71. The average molecular weight is 439 g/mol. The fourth-order valence-electron chi connectivity index (χ4n) is 4.20. The van der Waals surface area contributed by atoms with Gasteiger partial charge in [-0.1, -0.05) is 0 Å². The van der Waals surface area contributed by atoms with Crippen molar-refractivity contribution in [1.29, 1.82) is 5.26 Å². The number of amides is 2. The number of nitriles is 1. The maximum absolute atomic E-state index is 12.7. The summed E-state index contributed by atoms with van der Waals surface area (Å²) in [5.74, 6) is -0.811. The van der Waals surface area contributed by atoms with Crippen LogP contribution >= 0.6 is 23.6 Å². The van der Waals surface area contributed by atoms with Crippen molar-refractivity contribution in [2.75, 3.05) is 14.1 Å². The Morgan fingerprint density at radius 3 is 2.40 bits per heavy atom. The number of carbonyl (C=O) groups excluding carboxylic acids is 2. The van der Waals surface area contributed by atoms with Gasteiger partial charge in [-0.25, -0.2) is 0 Å². The van der Waals surface area contributed by atoms with E-state index in [1.54, 1.807) is 31.5 Å². The summed E-state index contributed by atoms with van der Waals surface area (Å²) in [5, 5.41) is 11.0. The van der Waals surface area contributed by atoms with Crippen molar-refractivity contribution in [2.45, 2.75) is 39.5 Å². The Labute approximate surface area is 185 Å². The first kappa shape index (κ1) is 20.5. The molecule has 6 nitrogen and oxygen atoms in total. The Hall–Kier alpha value is -2.76. The molecule has 0 atom stereocenters. The van der Waals surface area contributed by atoms with Crippen LogP contribution in [-0.2, 0) is 22.4 Å². The summed E-state index contributed by atoms with van der Waals surface area (Å²) < 4.78 is 2.07. The lowest BCUT2D eigenvalue weighted by Crippen LogP contribution is -2.52. The predicted molar refractivity (Wildman–Crippen MR) is 121 cm³/mol. The van der Waals surface area contributed by atoms with E-state index in [9.17, 15) is 14.9 Å². The number of likely N-dealkylation sites (N-methyl/N-ethyl adjacent to an activating group) is 2. The van der Waals surface area contributed by atoms with Crippen LogP contribution in [0.5, 0.6) is 0 Å². The van der Waals surface area contributed by atoms with Gasteiger partial charge in [0.25, 0.3) is 11.8 Å². The predicted octanol–water partition coefficient (Wildman–Crippen LogP) is 3.50. The summed E-state index contributed by atoms with van der Waals surface area (Å²) in [6.07, 6.45) is 5.88. The van der Waals surface area contributed by atoms with Crippen molar-refractivity contribution in [3.63, 3.8) is 0 Å². The Bertz CT molecular complexity index is 1150. The van der Waals surface area contributed by atoms with Gasteiger partial charge >= 0.3 is 0 Å². The fraction of sp³-hybridized carbons (Fsp3) is 0.364. The van der Waals surface area contributed by atoms with Crippen LogP contribution in [0.1, 0.15) is 45.8 Å². The molecule has 1 aliphatic heterocycles. The number of nitrogens with zero attached hydrogens (tertiary/aromatic N) is 4. The zero-order chi connectivity index (χ0) is 21.7. The van der Waals surface area contributed by atoms with E-state index in [-0.39, 0.29) is 10.7 Å². The fourth-order valence-corrected chi connectivity index (χ4v) is 5.82. The van der Waals surface area contributed by atoms with Crippen LogP contribution in [0.4, 0.5) is 0 Å². The maximum atomic E-state index is 12.7. The summed E-state index contributed by atoms with van der Waals surface area (Å²) in [6, 6.07) is 4.37. The first-order chi connectivity index (χ1) is 14.3. The van der Waals surface area contributed by atoms with E-state index in [1.165, 1.54) is 20.2 Å². The number of thiocarbonyl (C=S) groups is 1. The molecule has 1 fully saturated rings. The normalized spacial score (nSPS) is 16.8. The molecule has 2 aromatic heterocycles. The van der Waals surface area contributed by atoms with Crippen molar-refractivity contribution >= 4 is 46.6 Å². The summed E-state index contributed by atoms with van der Waals surface area (Å²) in [4.78, 5) is 29.3. The van der Waals surface area contributed by atoms with Crippen molar-refractivity contribution in [1.82, 2.24) is 14.4 Å². The second-order valence-electron chi connectivity index (χ2n) is 7.73. The van der Waals surface area contributed by atoms with E-state index in [1.807, 2.05) is 19.9 Å². The van der Waals surface area contributed by atoms with Gasteiger partial charge in [-0.15, -0.1) is 11.3 Å². The molecule has 1 aliphatic carbocycles. The molecule has 154 valence electrons. The number of thiophene rings is 1. The highest BCUT2D eigenvalue weighted by Crippen LogP contribution is 2.38. The van der Waals surface area contributed by atoms with Crippen molar-refractivity contribution in [3.05, 3.63) is 44.6 Å². The lowest BCUT2D eigenvalue weighted by atomic mass is 9.96. The smallest absolute Gasteiger partial charge is 0.265 e. The number of aromatic nitrogens is 1. The minimum Gasteiger partial charge on any atom is -0.308 e. The molecule has 0 N–H and O–H groups in total. The summed E-state index contributed by atoms with van der Waals surface area (Å²) in [5.41, 5.74) is 4.67. The molecule has 8 heteroatoms. The van der Waals surface area contributed by atoms with E-state index in [0.717, 1.165) is 53.2 Å². The van der Waals surface area contributed by atoms with Crippen molar-refractivity contribution in [2.24, 2.45) is 0 Å². The Balaban J connectivity index is 1.83. The Kier molecular flexibility index (Phi) is 5.12. The monoisotopic (exact) mass is 438 g/mol. The number of rotatable bonds is 2. The molecular formula is C22H22N4O2S2. The van der Waals surface area contributed by atoms with Gasteiger partial charge in [0.1, 0.15) is 16.6 Å². The van der Waals surface area contributed by atoms with Gasteiger partial charge < -0.3 is 4.57 Å². The molecule has 4 rings (SSSR count). The highest BCUT2D eigenvalue weighted by Gasteiger charge is 2.35. The van der Waals surface area contributed by atoms with Gasteiger partial charge in [0.05, 0.1) is 5.56 Å². The van der Waals surface area contributed by atoms with Crippen LogP contribution in [0.2, 0.25) is 0 Å². The molecule has 30 heavy (non-hydrogen) atoms. The van der Waals surface area contributed by atoms with Gasteiger partial charge in [-0.3, -0.25) is 19.4 Å². The number of hydrogen-bond donors (Lipinski definition) is 0. The lowest BCUT2D eigenvalue weighted by molar-refractivity contribution is -0.132. The van der Waals surface area contributed by atoms with E-state index in [0.29, 0.717) is 0 Å². The topological polar surface area (TPSA) is 69.3 Å².